The molecule has 2 N–H and O–H groups in total. The Bertz CT molecular complexity index is 1540. The van der Waals surface area contributed by atoms with Crippen LogP contribution < -0.4 is 10.9 Å². The zero-order valence-corrected chi connectivity index (χ0v) is 20.1. The van der Waals surface area contributed by atoms with E-state index in [2.05, 4.69) is 31.5 Å². The summed E-state index contributed by atoms with van der Waals surface area (Å²) in [7, 11) is 1.46. The van der Waals surface area contributed by atoms with Crippen molar-refractivity contribution in [2.45, 2.75) is 32.6 Å². The number of aryl methyl sites for hydroxylation is 2. The van der Waals surface area contributed by atoms with Gasteiger partial charge in [-0.3, -0.25) is 24.1 Å². The normalized spacial score (nSPS) is 12.5. The quantitative estimate of drug-likeness (QED) is 0.418. The molecule has 182 valence electrons. The maximum atomic E-state index is 12.9. The van der Waals surface area contributed by atoms with Gasteiger partial charge in [0.15, 0.2) is 5.69 Å². The van der Waals surface area contributed by atoms with Gasteiger partial charge in [-0.1, -0.05) is 30.3 Å². The summed E-state index contributed by atoms with van der Waals surface area (Å²) in [6.45, 7) is 5.47. The fraction of sp³-hybridized carbons (Fsp3) is 0.240. The van der Waals surface area contributed by atoms with E-state index in [-0.39, 0.29) is 11.5 Å². The van der Waals surface area contributed by atoms with Gasteiger partial charge in [0, 0.05) is 25.1 Å². The maximum absolute atomic E-state index is 12.9. The van der Waals surface area contributed by atoms with E-state index in [0.29, 0.717) is 22.5 Å². The molecule has 0 fully saturated rings. The van der Waals surface area contributed by atoms with Crippen LogP contribution in [0.2, 0.25) is 0 Å². The van der Waals surface area contributed by atoms with E-state index in [1.165, 1.54) is 24.1 Å². The molecule has 0 spiro atoms. The predicted octanol–water partition coefficient (Wildman–Crippen LogP) is 2.94. The second-order valence-corrected chi connectivity index (χ2v) is 8.35. The summed E-state index contributed by atoms with van der Waals surface area (Å²) in [5.41, 5.74) is 2.11. The number of carbonyl (C=O) groups excluding carboxylic acids is 1. The maximum Gasteiger partial charge on any atom is 0.296 e. The zero-order chi connectivity index (χ0) is 26.0. The molecule has 0 aliphatic heterocycles. The monoisotopic (exact) mass is 485 g/mol. The molecular weight excluding hydrogens is 462 g/mol. The second-order valence-electron chi connectivity index (χ2n) is 8.35. The minimum absolute atomic E-state index is 0.216. The van der Waals surface area contributed by atoms with Gasteiger partial charge in [0.25, 0.3) is 11.5 Å². The number of anilines is 1. The van der Waals surface area contributed by atoms with Crippen molar-refractivity contribution in [2.75, 3.05) is 5.32 Å². The SMILES string of the molecule is Cc1cnc([C@@H](c2ccccc2C#N)[C@@H](C)c2nc(C(=O)Nc3cnoc3)c(O)c(=O)n2C)c(C)n1. The summed E-state index contributed by atoms with van der Waals surface area (Å²) in [5.74, 6) is -2.47. The van der Waals surface area contributed by atoms with Crippen molar-refractivity contribution >= 4 is 11.6 Å². The summed E-state index contributed by atoms with van der Waals surface area (Å²) in [6, 6.07) is 9.31. The molecule has 3 aromatic heterocycles. The fourth-order valence-corrected chi connectivity index (χ4v) is 4.21. The molecule has 1 aromatic carbocycles. The lowest BCUT2D eigenvalue weighted by Crippen LogP contribution is -2.30. The van der Waals surface area contributed by atoms with Gasteiger partial charge in [-0.2, -0.15) is 5.26 Å². The largest absolute Gasteiger partial charge is 0.501 e. The van der Waals surface area contributed by atoms with Crippen LogP contribution in [-0.2, 0) is 7.05 Å². The molecule has 3 heterocycles. The Morgan fingerprint density at radius 1 is 1.22 bits per heavy atom. The van der Waals surface area contributed by atoms with Crippen LogP contribution in [-0.4, -0.2) is 35.7 Å². The minimum Gasteiger partial charge on any atom is -0.501 e. The van der Waals surface area contributed by atoms with Crippen molar-refractivity contribution in [2.24, 2.45) is 7.05 Å². The van der Waals surface area contributed by atoms with Crippen LogP contribution in [0.1, 0.15) is 63.3 Å². The van der Waals surface area contributed by atoms with Crippen LogP contribution >= 0.6 is 0 Å². The van der Waals surface area contributed by atoms with Crippen LogP contribution in [0, 0.1) is 25.2 Å². The van der Waals surface area contributed by atoms with Gasteiger partial charge in [-0.05, 0) is 25.5 Å². The molecule has 0 aliphatic carbocycles. The van der Waals surface area contributed by atoms with Crippen molar-refractivity contribution in [3.63, 3.8) is 0 Å². The highest BCUT2D eigenvalue weighted by Crippen LogP contribution is 2.39. The Kier molecular flexibility index (Phi) is 6.60. The molecule has 0 unspecified atom stereocenters. The van der Waals surface area contributed by atoms with Crippen molar-refractivity contribution < 1.29 is 14.4 Å². The predicted molar refractivity (Wildman–Crippen MR) is 129 cm³/mol. The highest BCUT2D eigenvalue weighted by Gasteiger charge is 2.32. The van der Waals surface area contributed by atoms with Crippen molar-refractivity contribution in [1.29, 1.82) is 5.26 Å². The van der Waals surface area contributed by atoms with Gasteiger partial charge < -0.3 is 14.9 Å². The molecule has 0 aliphatic rings. The number of aromatic nitrogens is 5. The third kappa shape index (κ3) is 4.44. The van der Waals surface area contributed by atoms with Crippen molar-refractivity contribution in [3.05, 3.63) is 93.0 Å². The second kappa shape index (κ2) is 9.79. The smallest absolute Gasteiger partial charge is 0.296 e. The first kappa shape index (κ1) is 24.3. The van der Waals surface area contributed by atoms with E-state index < -0.39 is 34.7 Å². The Morgan fingerprint density at radius 3 is 2.64 bits per heavy atom. The van der Waals surface area contributed by atoms with Gasteiger partial charge in [0.1, 0.15) is 17.8 Å². The molecular formula is C25H23N7O4. The van der Waals surface area contributed by atoms with Gasteiger partial charge in [0.2, 0.25) is 5.75 Å². The van der Waals surface area contributed by atoms with E-state index in [9.17, 15) is 20.0 Å². The summed E-state index contributed by atoms with van der Waals surface area (Å²) in [4.78, 5) is 39.4. The van der Waals surface area contributed by atoms with E-state index in [4.69, 9.17) is 4.52 Å². The molecule has 11 nitrogen and oxygen atoms in total. The molecule has 0 saturated carbocycles. The van der Waals surface area contributed by atoms with E-state index in [0.717, 1.165) is 5.69 Å². The van der Waals surface area contributed by atoms with Gasteiger partial charge in [-0.25, -0.2) is 4.98 Å². The summed E-state index contributed by atoms with van der Waals surface area (Å²) >= 11 is 0. The Labute approximate surface area is 206 Å². The topological polar surface area (TPSA) is 160 Å². The standard InChI is InChI=1S/C25H23N7O4/c1-13-10-27-20(15(3)29-13)19(18-8-6-5-7-16(18)9-26)14(2)23-31-21(22(33)25(35)32(23)4)24(34)30-17-11-28-36-12-17/h5-8,10-12,14,19,33H,1-4H3,(H,30,34)/t14-,19-/m1/s1. The number of nitrogens with zero attached hydrogens (tertiary/aromatic N) is 6. The minimum atomic E-state index is -0.804. The van der Waals surface area contributed by atoms with E-state index in [1.54, 1.807) is 18.3 Å². The lowest BCUT2D eigenvalue weighted by Gasteiger charge is -2.27. The molecule has 1 amide bonds. The molecule has 11 heteroatoms. The highest BCUT2D eigenvalue weighted by atomic mass is 16.5. The first-order chi connectivity index (χ1) is 17.2. The number of nitrogens with one attached hydrogen (secondary N) is 1. The summed E-state index contributed by atoms with van der Waals surface area (Å²) in [6.07, 6.45) is 4.11. The molecule has 4 aromatic rings. The molecule has 0 saturated heterocycles. The summed E-state index contributed by atoms with van der Waals surface area (Å²) in [5, 5.41) is 26.2. The average Bonchev–Trinajstić information content (AvgIpc) is 3.37. The lowest BCUT2D eigenvalue weighted by molar-refractivity contribution is 0.101. The van der Waals surface area contributed by atoms with E-state index >= 15 is 0 Å². The zero-order valence-electron chi connectivity index (χ0n) is 20.1. The number of hydrogen-bond donors (Lipinski definition) is 2. The Hall–Kier alpha value is -4.85. The number of amides is 1. The molecule has 0 bridgehead atoms. The van der Waals surface area contributed by atoms with Crippen LogP contribution in [0.4, 0.5) is 5.69 Å². The first-order valence-electron chi connectivity index (χ1n) is 11.0. The number of rotatable bonds is 6. The number of benzene rings is 1. The van der Waals surface area contributed by atoms with Crippen LogP contribution in [0.15, 0.2) is 52.2 Å². The lowest BCUT2D eigenvalue weighted by atomic mass is 9.81. The molecule has 36 heavy (non-hydrogen) atoms. The number of hydrogen-bond acceptors (Lipinski definition) is 9. The van der Waals surface area contributed by atoms with Crippen LogP contribution in [0.3, 0.4) is 0 Å². The first-order valence-corrected chi connectivity index (χ1v) is 11.0. The summed E-state index contributed by atoms with van der Waals surface area (Å²) < 4.78 is 5.89. The third-order valence-corrected chi connectivity index (χ3v) is 5.93. The van der Waals surface area contributed by atoms with Crippen LogP contribution in [0.5, 0.6) is 5.75 Å². The fourth-order valence-electron chi connectivity index (χ4n) is 4.21. The Balaban J connectivity index is 1.90. The number of carbonyl (C=O) groups is 1. The average molecular weight is 486 g/mol. The Morgan fingerprint density at radius 2 is 1.97 bits per heavy atom. The van der Waals surface area contributed by atoms with Crippen molar-refractivity contribution in [1.82, 2.24) is 24.7 Å². The van der Waals surface area contributed by atoms with Gasteiger partial charge >= 0.3 is 0 Å². The van der Waals surface area contributed by atoms with Crippen LogP contribution in [0.25, 0.3) is 0 Å². The van der Waals surface area contributed by atoms with Gasteiger partial charge in [0.05, 0.1) is 34.9 Å². The molecule has 4 rings (SSSR count). The molecule has 2 atom stereocenters. The third-order valence-electron chi connectivity index (χ3n) is 5.93. The number of aromatic hydroxyl groups is 1. The molecule has 0 radical (unpaired) electrons. The highest BCUT2D eigenvalue weighted by molar-refractivity contribution is 6.04. The van der Waals surface area contributed by atoms with Crippen molar-refractivity contribution in [3.8, 4) is 11.8 Å². The van der Waals surface area contributed by atoms with E-state index in [1.807, 2.05) is 32.9 Å². The van der Waals surface area contributed by atoms with Gasteiger partial charge in [-0.15, -0.1) is 0 Å². The number of nitriles is 1.